The van der Waals surface area contributed by atoms with Crippen LogP contribution in [0, 0.1) is 6.92 Å². The monoisotopic (exact) mass is 229 g/mol. The fraction of sp³-hybridized carbons (Fsp3) is 0.0833. The lowest BCUT2D eigenvalue weighted by Gasteiger charge is -2.06. The highest BCUT2D eigenvalue weighted by atomic mass is 16.2. The fourth-order valence-corrected chi connectivity index (χ4v) is 1.68. The first-order valence-corrected chi connectivity index (χ1v) is 5.05. The number of urea groups is 1. The summed E-state index contributed by atoms with van der Waals surface area (Å²) in [6.07, 6.45) is 0. The molecular formula is C12H11N3O2. The van der Waals surface area contributed by atoms with Crippen molar-refractivity contribution in [3.63, 3.8) is 0 Å². The minimum Gasteiger partial charge on any atom is -0.351 e. The first-order chi connectivity index (χ1) is 8.08. The lowest BCUT2D eigenvalue weighted by Crippen LogP contribution is -2.35. The number of rotatable bonds is 1. The molecule has 0 saturated carbocycles. The maximum absolute atomic E-state index is 11.7. The van der Waals surface area contributed by atoms with E-state index in [2.05, 4.69) is 4.98 Å². The molecule has 0 aliphatic heterocycles. The summed E-state index contributed by atoms with van der Waals surface area (Å²) in [6.45, 7) is 1.79. The lowest BCUT2D eigenvalue weighted by molar-refractivity contribution is 0.0963. The molecule has 3 N–H and O–H groups in total. The third-order valence-electron chi connectivity index (χ3n) is 2.32. The Morgan fingerprint density at radius 2 is 2.00 bits per heavy atom. The molecule has 3 amide bonds. The number of nitrogens with two attached hydrogens (primary N) is 1. The average molecular weight is 229 g/mol. The van der Waals surface area contributed by atoms with Crippen LogP contribution in [0.3, 0.4) is 0 Å². The summed E-state index contributed by atoms with van der Waals surface area (Å²) in [4.78, 5) is 26.5. The Bertz CT molecular complexity index is 608. The van der Waals surface area contributed by atoms with Gasteiger partial charge in [0.1, 0.15) is 5.69 Å². The summed E-state index contributed by atoms with van der Waals surface area (Å²) in [5.74, 6) is -0.586. The van der Waals surface area contributed by atoms with Gasteiger partial charge in [0, 0.05) is 11.1 Å². The van der Waals surface area contributed by atoms with Crippen LogP contribution in [0.25, 0.3) is 10.8 Å². The second-order valence-electron chi connectivity index (χ2n) is 3.65. The minimum absolute atomic E-state index is 0.208. The maximum Gasteiger partial charge on any atom is 0.319 e. The molecule has 0 aliphatic carbocycles. The van der Waals surface area contributed by atoms with E-state index in [1.807, 2.05) is 23.5 Å². The molecule has 2 rings (SSSR count). The third-order valence-corrected chi connectivity index (χ3v) is 2.32. The Labute approximate surface area is 97.6 Å². The summed E-state index contributed by atoms with van der Waals surface area (Å²) < 4.78 is 0. The lowest BCUT2D eigenvalue weighted by atomic mass is 10.1. The number of primary amides is 1. The van der Waals surface area contributed by atoms with Crippen molar-refractivity contribution in [3.8, 4) is 0 Å². The highest BCUT2D eigenvalue weighted by Gasteiger charge is 2.13. The van der Waals surface area contributed by atoms with Gasteiger partial charge in [-0.3, -0.25) is 10.1 Å². The normalized spacial score (nSPS) is 10.2. The molecule has 2 aromatic rings. The molecule has 1 aromatic carbocycles. The van der Waals surface area contributed by atoms with E-state index in [0.29, 0.717) is 11.1 Å². The molecule has 1 heterocycles. The summed E-state index contributed by atoms with van der Waals surface area (Å²) in [5.41, 5.74) is 5.83. The van der Waals surface area contributed by atoms with Crippen LogP contribution in [-0.2, 0) is 0 Å². The van der Waals surface area contributed by atoms with Crippen LogP contribution in [0.5, 0.6) is 0 Å². The fourth-order valence-electron chi connectivity index (χ4n) is 1.68. The molecule has 5 heteroatoms. The molecule has 0 atom stereocenters. The van der Waals surface area contributed by atoms with Crippen LogP contribution in [0.15, 0.2) is 30.3 Å². The number of carbonyl (C=O) groups excluding carboxylic acids is 2. The van der Waals surface area contributed by atoms with Crippen LogP contribution < -0.4 is 11.1 Å². The number of carbonyl (C=O) groups is 2. The molecular weight excluding hydrogens is 218 g/mol. The molecule has 0 unspecified atom stereocenters. The van der Waals surface area contributed by atoms with Crippen LogP contribution in [0.2, 0.25) is 0 Å². The quantitative estimate of drug-likeness (QED) is 0.774. The Morgan fingerprint density at radius 1 is 1.29 bits per heavy atom. The summed E-state index contributed by atoms with van der Waals surface area (Å²) >= 11 is 0. The zero-order chi connectivity index (χ0) is 12.4. The van der Waals surface area contributed by atoms with Crippen molar-refractivity contribution < 1.29 is 9.59 Å². The SMILES string of the molecule is Cc1cc2ccccc2c(C(=O)NC(N)=O)n1. The Kier molecular flexibility index (Phi) is 2.74. The summed E-state index contributed by atoms with van der Waals surface area (Å²) in [6, 6.07) is 8.32. The standard InChI is InChI=1S/C12H11N3O2/c1-7-6-8-4-2-3-5-9(8)10(14-7)11(16)15-12(13)17/h2-6H,1H3,(H3,13,15,16,17). The van der Waals surface area contributed by atoms with Gasteiger partial charge in [0.2, 0.25) is 0 Å². The number of hydrogen-bond donors (Lipinski definition) is 2. The van der Waals surface area contributed by atoms with Crippen LogP contribution in [0.1, 0.15) is 16.2 Å². The van der Waals surface area contributed by atoms with Gasteiger partial charge < -0.3 is 5.73 Å². The summed E-state index contributed by atoms with van der Waals surface area (Å²) in [7, 11) is 0. The third kappa shape index (κ3) is 2.23. The predicted molar refractivity (Wildman–Crippen MR) is 63.5 cm³/mol. The molecule has 5 nitrogen and oxygen atoms in total. The number of imide groups is 1. The molecule has 86 valence electrons. The van der Waals surface area contributed by atoms with Gasteiger partial charge in [-0.2, -0.15) is 0 Å². The zero-order valence-corrected chi connectivity index (χ0v) is 9.23. The van der Waals surface area contributed by atoms with Gasteiger partial charge in [0.15, 0.2) is 0 Å². The Hall–Kier alpha value is -2.43. The van der Waals surface area contributed by atoms with Gasteiger partial charge in [-0.15, -0.1) is 0 Å². The number of hydrogen-bond acceptors (Lipinski definition) is 3. The van der Waals surface area contributed by atoms with Crippen LogP contribution in [-0.4, -0.2) is 16.9 Å². The topological polar surface area (TPSA) is 85.1 Å². The molecule has 1 aromatic heterocycles. The van der Waals surface area contributed by atoms with E-state index in [4.69, 9.17) is 5.73 Å². The molecule has 0 bridgehead atoms. The van der Waals surface area contributed by atoms with E-state index >= 15 is 0 Å². The van der Waals surface area contributed by atoms with Gasteiger partial charge in [-0.1, -0.05) is 24.3 Å². The van der Waals surface area contributed by atoms with Gasteiger partial charge in [-0.25, -0.2) is 9.78 Å². The first-order valence-electron chi connectivity index (χ1n) is 5.05. The molecule has 0 radical (unpaired) electrons. The second-order valence-corrected chi connectivity index (χ2v) is 3.65. The number of aryl methyl sites for hydroxylation is 1. The average Bonchev–Trinajstić information content (AvgIpc) is 2.26. The van der Waals surface area contributed by atoms with Gasteiger partial charge in [0.05, 0.1) is 0 Å². The molecule has 0 fully saturated rings. The molecule has 0 saturated heterocycles. The smallest absolute Gasteiger partial charge is 0.319 e. The second kappa shape index (κ2) is 4.21. The largest absolute Gasteiger partial charge is 0.351 e. The predicted octanol–water partition coefficient (Wildman–Crippen LogP) is 1.35. The number of nitrogens with one attached hydrogen (secondary N) is 1. The number of amides is 3. The van der Waals surface area contributed by atoms with E-state index in [1.165, 1.54) is 0 Å². The summed E-state index contributed by atoms with van der Waals surface area (Å²) in [5, 5.41) is 3.61. The maximum atomic E-state index is 11.7. The molecule has 0 spiro atoms. The van der Waals surface area contributed by atoms with E-state index in [-0.39, 0.29) is 5.69 Å². The van der Waals surface area contributed by atoms with E-state index in [1.54, 1.807) is 19.1 Å². The van der Waals surface area contributed by atoms with E-state index in [0.717, 1.165) is 5.39 Å². The zero-order valence-electron chi connectivity index (χ0n) is 9.23. The van der Waals surface area contributed by atoms with Crippen molar-refractivity contribution in [2.24, 2.45) is 5.73 Å². The van der Waals surface area contributed by atoms with Gasteiger partial charge in [0.25, 0.3) is 5.91 Å². The van der Waals surface area contributed by atoms with Crippen molar-refractivity contribution in [3.05, 3.63) is 41.7 Å². The van der Waals surface area contributed by atoms with E-state index in [9.17, 15) is 9.59 Å². The van der Waals surface area contributed by atoms with Crippen molar-refractivity contribution in [2.75, 3.05) is 0 Å². The van der Waals surface area contributed by atoms with Crippen molar-refractivity contribution >= 4 is 22.7 Å². The first kappa shape index (κ1) is 11.1. The number of benzene rings is 1. The Balaban J connectivity index is 2.59. The highest BCUT2D eigenvalue weighted by Crippen LogP contribution is 2.18. The number of pyridine rings is 1. The Morgan fingerprint density at radius 3 is 2.71 bits per heavy atom. The highest BCUT2D eigenvalue weighted by molar-refractivity contribution is 6.10. The van der Waals surface area contributed by atoms with Crippen LogP contribution in [0.4, 0.5) is 4.79 Å². The van der Waals surface area contributed by atoms with E-state index < -0.39 is 11.9 Å². The van der Waals surface area contributed by atoms with Crippen molar-refractivity contribution in [2.45, 2.75) is 6.92 Å². The van der Waals surface area contributed by atoms with Crippen molar-refractivity contribution in [1.29, 1.82) is 0 Å². The van der Waals surface area contributed by atoms with Crippen LogP contribution >= 0.6 is 0 Å². The number of fused-ring (bicyclic) bond motifs is 1. The minimum atomic E-state index is -0.887. The van der Waals surface area contributed by atoms with Crippen molar-refractivity contribution in [1.82, 2.24) is 10.3 Å². The van der Waals surface area contributed by atoms with Gasteiger partial charge >= 0.3 is 6.03 Å². The molecule has 0 aliphatic rings. The number of aromatic nitrogens is 1. The molecule has 17 heavy (non-hydrogen) atoms. The number of nitrogens with zero attached hydrogens (tertiary/aromatic N) is 1. The van der Waals surface area contributed by atoms with Gasteiger partial charge in [-0.05, 0) is 18.4 Å².